The molecule has 0 aliphatic carbocycles. The van der Waals surface area contributed by atoms with Crippen molar-refractivity contribution in [2.45, 2.75) is 25.3 Å². The Bertz CT molecular complexity index is 546. The van der Waals surface area contributed by atoms with Crippen LogP contribution < -0.4 is 10.5 Å². The lowest BCUT2D eigenvalue weighted by atomic mass is 10.0. The monoisotopic (exact) mass is 292 g/mol. The highest BCUT2D eigenvalue weighted by molar-refractivity contribution is 5.83. The lowest BCUT2D eigenvalue weighted by Gasteiger charge is -2.20. The molecule has 0 bridgehead atoms. The van der Waals surface area contributed by atoms with Gasteiger partial charge in [0.25, 0.3) is 0 Å². The van der Waals surface area contributed by atoms with E-state index in [0.29, 0.717) is 6.54 Å². The summed E-state index contributed by atoms with van der Waals surface area (Å²) in [7, 11) is 0. The minimum atomic E-state index is -1.31. The van der Waals surface area contributed by atoms with E-state index >= 15 is 0 Å². The van der Waals surface area contributed by atoms with Crippen molar-refractivity contribution in [2.75, 3.05) is 19.7 Å². The van der Waals surface area contributed by atoms with Crippen LogP contribution in [0, 0.1) is 6.92 Å². The number of benzene rings is 1. The number of nitrogens with two attached hydrogens (primary N) is 1. The second-order valence-electron chi connectivity index (χ2n) is 5.44. The van der Waals surface area contributed by atoms with Gasteiger partial charge in [0.15, 0.2) is 0 Å². The van der Waals surface area contributed by atoms with Crippen LogP contribution in [0.1, 0.15) is 18.4 Å². The van der Waals surface area contributed by atoms with Crippen LogP contribution in [0.3, 0.4) is 0 Å². The summed E-state index contributed by atoms with van der Waals surface area (Å²) in [5.41, 5.74) is 5.52. The zero-order chi connectivity index (χ0) is 15.5. The van der Waals surface area contributed by atoms with E-state index < -0.39 is 11.5 Å². The van der Waals surface area contributed by atoms with Crippen LogP contribution in [0.15, 0.2) is 24.3 Å². The van der Waals surface area contributed by atoms with Crippen molar-refractivity contribution in [3.8, 4) is 5.75 Å². The number of carboxylic acid groups (broad SMARTS) is 1. The number of carbonyl (C=O) groups is 2. The first-order chi connectivity index (χ1) is 9.90. The van der Waals surface area contributed by atoms with E-state index in [4.69, 9.17) is 15.6 Å². The molecular formula is C15H20N2O4. The van der Waals surface area contributed by atoms with Gasteiger partial charge >= 0.3 is 5.97 Å². The Morgan fingerprint density at radius 3 is 2.86 bits per heavy atom. The molecule has 0 saturated carbocycles. The number of aliphatic carboxylic acids is 1. The number of ether oxygens (including phenoxy) is 1. The summed E-state index contributed by atoms with van der Waals surface area (Å²) in [5.74, 6) is -0.465. The number of carboxylic acids is 1. The molecule has 1 aromatic carbocycles. The molecule has 21 heavy (non-hydrogen) atoms. The summed E-state index contributed by atoms with van der Waals surface area (Å²) in [6.07, 6.45) is 0.496. The van der Waals surface area contributed by atoms with Gasteiger partial charge in [-0.15, -0.1) is 0 Å². The van der Waals surface area contributed by atoms with Crippen molar-refractivity contribution >= 4 is 11.9 Å². The van der Waals surface area contributed by atoms with Crippen LogP contribution in [0.5, 0.6) is 5.75 Å². The van der Waals surface area contributed by atoms with Crippen LogP contribution in [-0.4, -0.2) is 47.1 Å². The molecule has 1 heterocycles. The number of hydrogen-bond acceptors (Lipinski definition) is 4. The maximum Gasteiger partial charge on any atom is 0.325 e. The molecule has 114 valence electrons. The summed E-state index contributed by atoms with van der Waals surface area (Å²) in [4.78, 5) is 24.5. The van der Waals surface area contributed by atoms with E-state index in [1.54, 1.807) is 0 Å². The minimum absolute atomic E-state index is 0.0611. The Hall–Kier alpha value is -2.08. The second kappa shape index (κ2) is 6.13. The number of carbonyl (C=O) groups excluding carboxylic acids is 1. The van der Waals surface area contributed by atoms with E-state index in [2.05, 4.69) is 0 Å². The Labute approximate surface area is 123 Å². The average Bonchev–Trinajstić information content (AvgIpc) is 2.83. The van der Waals surface area contributed by atoms with E-state index in [9.17, 15) is 9.59 Å². The van der Waals surface area contributed by atoms with Gasteiger partial charge < -0.3 is 20.5 Å². The standard InChI is InChI=1S/C15H20N2O4/c1-11-3-2-4-12(9-11)21-8-5-13(18)17-7-6-15(16,10-17)14(19)20/h2-4,9H,5-8,10,16H2,1H3,(H,19,20). The molecule has 6 nitrogen and oxygen atoms in total. The molecule has 0 radical (unpaired) electrons. The summed E-state index contributed by atoms with van der Waals surface area (Å²) >= 11 is 0. The molecule has 6 heteroatoms. The van der Waals surface area contributed by atoms with Crippen molar-refractivity contribution in [1.29, 1.82) is 0 Å². The van der Waals surface area contributed by atoms with Crippen molar-refractivity contribution in [2.24, 2.45) is 5.73 Å². The number of hydrogen-bond donors (Lipinski definition) is 2. The lowest BCUT2D eigenvalue weighted by Crippen LogP contribution is -2.50. The number of nitrogens with zero attached hydrogens (tertiary/aromatic N) is 1. The summed E-state index contributed by atoms with van der Waals surface area (Å²) in [6, 6.07) is 7.59. The quantitative estimate of drug-likeness (QED) is 0.836. The Morgan fingerprint density at radius 2 is 2.24 bits per heavy atom. The van der Waals surface area contributed by atoms with Crippen LogP contribution in [-0.2, 0) is 9.59 Å². The van der Waals surface area contributed by atoms with Gasteiger partial charge in [-0.2, -0.15) is 0 Å². The van der Waals surface area contributed by atoms with Gasteiger partial charge in [0.2, 0.25) is 5.91 Å². The first-order valence-corrected chi connectivity index (χ1v) is 6.90. The smallest absolute Gasteiger partial charge is 0.325 e. The largest absolute Gasteiger partial charge is 0.493 e. The molecule has 1 atom stereocenters. The number of rotatable bonds is 5. The molecule has 1 fully saturated rings. The van der Waals surface area contributed by atoms with Gasteiger partial charge in [0.05, 0.1) is 13.0 Å². The maximum absolute atomic E-state index is 12.0. The molecule has 0 aromatic heterocycles. The normalized spacial score (nSPS) is 21.3. The fourth-order valence-corrected chi connectivity index (χ4v) is 2.34. The minimum Gasteiger partial charge on any atom is -0.493 e. The summed E-state index contributed by atoms with van der Waals surface area (Å²) < 4.78 is 5.52. The highest BCUT2D eigenvalue weighted by Gasteiger charge is 2.42. The lowest BCUT2D eigenvalue weighted by molar-refractivity contribution is -0.143. The molecule has 1 aliphatic heterocycles. The molecule has 0 spiro atoms. The van der Waals surface area contributed by atoms with Gasteiger partial charge in [-0.1, -0.05) is 12.1 Å². The molecule has 3 N–H and O–H groups in total. The highest BCUT2D eigenvalue weighted by atomic mass is 16.5. The van der Waals surface area contributed by atoms with Gasteiger partial charge in [0, 0.05) is 13.1 Å². The van der Waals surface area contributed by atoms with E-state index in [1.807, 2.05) is 31.2 Å². The first-order valence-electron chi connectivity index (χ1n) is 6.90. The summed E-state index contributed by atoms with van der Waals surface area (Å²) in [5, 5.41) is 9.04. The number of amides is 1. The molecule has 2 rings (SSSR count). The van der Waals surface area contributed by atoms with Crippen LogP contribution >= 0.6 is 0 Å². The fraction of sp³-hybridized carbons (Fsp3) is 0.467. The highest BCUT2D eigenvalue weighted by Crippen LogP contribution is 2.20. The first kappa shape index (κ1) is 15.3. The zero-order valence-electron chi connectivity index (χ0n) is 12.0. The Balaban J connectivity index is 1.79. The molecular weight excluding hydrogens is 272 g/mol. The third-order valence-electron chi connectivity index (χ3n) is 3.65. The van der Waals surface area contributed by atoms with E-state index in [-0.39, 0.29) is 31.9 Å². The predicted molar refractivity (Wildman–Crippen MR) is 77.0 cm³/mol. The molecule has 1 unspecified atom stereocenters. The molecule has 1 aliphatic rings. The molecule has 1 amide bonds. The van der Waals surface area contributed by atoms with Gasteiger partial charge in [-0.25, -0.2) is 0 Å². The van der Waals surface area contributed by atoms with Crippen molar-refractivity contribution in [3.05, 3.63) is 29.8 Å². The van der Waals surface area contributed by atoms with E-state index in [1.165, 1.54) is 4.90 Å². The van der Waals surface area contributed by atoms with Crippen molar-refractivity contribution in [1.82, 2.24) is 4.90 Å². The third kappa shape index (κ3) is 3.72. The van der Waals surface area contributed by atoms with Gasteiger partial charge in [0.1, 0.15) is 11.3 Å². The van der Waals surface area contributed by atoms with Crippen molar-refractivity contribution < 1.29 is 19.4 Å². The SMILES string of the molecule is Cc1cccc(OCCC(=O)N2CCC(N)(C(=O)O)C2)c1. The zero-order valence-corrected chi connectivity index (χ0v) is 12.0. The third-order valence-corrected chi connectivity index (χ3v) is 3.65. The number of likely N-dealkylation sites (tertiary alicyclic amines) is 1. The van der Waals surface area contributed by atoms with Gasteiger partial charge in [-0.05, 0) is 31.0 Å². The molecule has 1 aromatic rings. The second-order valence-corrected chi connectivity index (χ2v) is 5.44. The fourth-order valence-electron chi connectivity index (χ4n) is 2.34. The summed E-state index contributed by atoms with van der Waals surface area (Å²) in [6.45, 7) is 2.68. The maximum atomic E-state index is 12.0. The average molecular weight is 292 g/mol. The predicted octanol–water partition coefficient (Wildman–Crippen LogP) is 0.778. The van der Waals surface area contributed by atoms with E-state index in [0.717, 1.165) is 11.3 Å². The topological polar surface area (TPSA) is 92.9 Å². The Morgan fingerprint density at radius 1 is 1.48 bits per heavy atom. The number of aryl methyl sites for hydroxylation is 1. The van der Waals surface area contributed by atoms with Gasteiger partial charge in [-0.3, -0.25) is 9.59 Å². The van der Waals surface area contributed by atoms with Crippen LogP contribution in [0.25, 0.3) is 0 Å². The van der Waals surface area contributed by atoms with Crippen LogP contribution in [0.2, 0.25) is 0 Å². The van der Waals surface area contributed by atoms with Crippen molar-refractivity contribution in [3.63, 3.8) is 0 Å². The Kier molecular flexibility index (Phi) is 4.47. The molecule has 1 saturated heterocycles. The van der Waals surface area contributed by atoms with Crippen LogP contribution in [0.4, 0.5) is 0 Å².